The maximum Gasteiger partial charge on any atom is 0.328 e. The second-order valence-electron chi connectivity index (χ2n) is 10.0. The third-order valence-electron chi connectivity index (χ3n) is 7.52. The Morgan fingerprint density at radius 1 is 1.08 bits per heavy atom. The first kappa shape index (κ1) is 24.2. The molecule has 1 aliphatic carbocycles. The molecule has 1 saturated heterocycles. The number of carbonyl (C=O) groups excluding carboxylic acids is 1. The molecule has 0 spiro atoms. The van der Waals surface area contributed by atoms with Crippen LogP contribution in [0.25, 0.3) is 0 Å². The summed E-state index contributed by atoms with van der Waals surface area (Å²) < 4.78 is 0. The standard InChI is InChI=1S/C27H33N5O4/c1-16-13-25(29-18(3)28-16)31-11-9-21(10-12-31)30(4)26(33)20-6-5-19-7-8-23(22(19)15-20)32-24(27(34)35)14-17(2)36-32/h5-6,13-15,21,23-24H,7-12H2,1-4H3,(H,34,35)/t23-,24?/m1/s1. The van der Waals surface area contributed by atoms with Gasteiger partial charge in [-0.1, -0.05) is 6.07 Å². The summed E-state index contributed by atoms with van der Waals surface area (Å²) in [4.78, 5) is 44.1. The molecule has 2 atom stereocenters. The Hall–Kier alpha value is -3.46. The number of anilines is 1. The number of amides is 1. The Kier molecular flexibility index (Phi) is 6.42. The van der Waals surface area contributed by atoms with Crippen molar-refractivity contribution in [2.45, 2.75) is 64.6 Å². The number of benzene rings is 1. The molecule has 36 heavy (non-hydrogen) atoms. The molecule has 3 heterocycles. The molecular weight excluding hydrogens is 458 g/mol. The lowest BCUT2D eigenvalue weighted by atomic mass is 10.00. The average Bonchev–Trinajstić information content (AvgIpc) is 3.45. The first-order chi connectivity index (χ1) is 17.2. The van der Waals surface area contributed by atoms with E-state index >= 15 is 0 Å². The molecule has 9 heteroatoms. The van der Waals surface area contributed by atoms with E-state index in [1.54, 1.807) is 18.1 Å². The van der Waals surface area contributed by atoms with Crippen molar-refractivity contribution in [3.05, 3.63) is 64.3 Å². The minimum Gasteiger partial charge on any atom is -0.480 e. The quantitative estimate of drug-likeness (QED) is 0.679. The summed E-state index contributed by atoms with van der Waals surface area (Å²) in [5.74, 6) is 1.36. The largest absolute Gasteiger partial charge is 0.480 e. The number of piperidine rings is 1. The van der Waals surface area contributed by atoms with Gasteiger partial charge in [-0.2, -0.15) is 0 Å². The van der Waals surface area contributed by atoms with E-state index in [1.165, 1.54) is 0 Å². The van der Waals surface area contributed by atoms with Crippen LogP contribution in [0.15, 0.2) is 36.1 Å². The number of carboxylic acid groups (broad SMARTS) is 1. The van der Waals surface area contributed by atoms with E-state index in [2.05, 4.69) is 14.9 Å². The van der Waals surface area contributed by atoms with Crippen LogP contribution in [0.1, 0.15) is 65.2 Å². The molecule has 0 radical (unpaired) electrons. The fourth-order valence-electron chi connectivity index (χ4n) is 5.68. The summed E-state index contributed by atoms with van der Waals surface area (Å²) in [7, 11) is 1.88. The van der Waals surface area contributed by atoms with Crippen LogP contribution in [0.2, 0.25) is 0 Å². The highest BCUT2D eigenvalue weighted by molar-refractivity contribution is 5.94. The highest BCUT2D eigenvalue weighted by Gasteiger charge is 2.40. The summed E-state index contributed by atoms with van der Waals surface area (Å²) in [5.41, 5.74) is 3.71. The summed E-state index contributed by atoms with van der Waals surface area (Å²) in [6, 6.07) is 6.97. The number of rotatable bonds is 5. The lowest BCUT2D eigenvalue weighted by Gasteiger charge is -2.37. The molecule has 1 unspecified atom stereocenters. The molecule has 1 aromatic heterocycles. The molecule has 2 aromatic rings. The average molecular weight is 492 g/mol. The zero-order valence-corrected chi connectivity index (χ0v) is 21.3. The lowest BCUT2D eigenvalue weighted by Crippen LogP contribution is -2.46. The van der Waals surface area contributed by atoms with Crippen molar-refractivity contribution < 1.29 is 19.5 Å². The molecule has 1 fully saturated rings. The van der Waals surface area contributed by atoms with Crippen LogP contribution in [-0.4, -0.2) is 69.1 Å². The molecular formula is C27H33N5O4. The maximum atomic E-state index is 13.5. The van der Waals surface area contributed by atoms with Gasteiger partial charge in [0, 0.05) is 43.5 Å². The monoisotopic (exact) mass is 491 g/mol. The summed E-state index contributed by atoms with van der Waals surface area (Å²) in [5, 5.41) is 11.2. The number of carboxylic acids is 1. The van der Waals surface area contributed by atoms with Crippen LogP contribution in [0.5, 0.6) is 0 Å². The summed E-state index contributed by atoms with van der Waals surface area (Å²) >= 11 is 0. The summed E-state index contributed by atoms with van der Waals surface area (Å²) in [6.07, 6.45) is 4.94. The fourth-order valence-corrected chi connectivity index (χ4v) is 5.68. The van der Waals surface area contributed by atoms with E-state index in [0.717, 1.165) is 67.2 Å². The minimum atomic E-state index is -0.939. The van der Waals surface area contributed by atoms with Crippen LogP contribution in [0, 0.1) is 13.8 Å². The van der Waals surface area contributed by atoms with Gasteiger partial charge in [-0.3, -0.25) is 9.59 Å². The SMILES string of the molecule is CC1=CC(C(=O)O)N([C@@H]2CCc3ccc(C(=O)N(C)C4CCN(c5cc(C)nc(C)n5)CC4)cc32)O1. The van der Waals surface area contributed by atoms with Crippen molar-refractivity contribution in [3.8, 4) is 0 Å². The van der Waals surface area contributed by atoms with Crippen molar-refractivity contribution in [3.63, 3.8) is 0 Å². The highest BCUT2D eigenvalue weighted by Crippen LogP contribution is 2.40. The number of nitrogens with zero attached hydrogens (tertiary/aromatic N) is 5. The van der Waals surface area contributed by atoms with Crippen LogP contribution < -0.4 is 4.90 Å². The van der Waals surface area contributed by atoms with E-state index < -0.39 is 12.0 Å². The van der Waals surface area contributed by atoms with Crippen molar-refractivity contribution in [1.82, 2.24) is 19.9 Å². The lowest BCUT2D eigenvalue weighted by molar-refractivity contribution is -0.175. The van der Waals surface area contributed by atoms with Crippen LogP contribution in [0.4, 0.5) is 5.82 Å². The Bertz CT molecular complexity index is 1200. The first-order valence-corrected chi connectivity index (χ1v) is 12.6. The third-order valence-corrected chi connectivity index (χ3v) is 7.52. The van der Waals surface area contributed by atoms with Crippen molar-refractivity contribution in [2.24, 2.45) is 0 Å². The molecule has 0 saturated carbocycles. The smallest absolute Gasteiger partial charge is 0.328 e. The number of aryl methyl sites for hydroxylation is 3. The number of hydroxylamine groups is 2. The minimum absolute atomic E-state index is 0.0120. The van der Waals surface area contributed by atoms with E-state index in [0.29, 0.717) is 11.3 Å². The Labute approximate surface area is 211 Å². The summed E-state index contributed by atoms with van der Waals surface area (Å²) in [6.45, 7) is 7.32. The number of hydrogen-bond donors (Lipinski definition) is 1. The van der Waals surface area contributed by atoms with Crippen LogP contribution >= 0.6 is 0 Å². The number of hydrogen-bond acceptors (Lipinski definition) is 7. The second kappa shape index (κ2) is 9.54. The van der Waals surface area contributed by atoms with Crippen LogP contribution in [-0.2, 0) is 16.1 Å². The number of aromatic nitrogens is 2. The van der Waals surface area contributed by atoms with Gasteiger partial charge in [-0.15, -0.1) is 5.06 Å². The number of carbonyl (C=O) groups is 2. The molecule has 1 N–H and O–H groups in total. The van der Waals surface area contributed by atoms with E-state index in [4.69, 9.17) is 4.84 Å². The van der Waals surface area contributed by atoms with Crippen LogP contribution in [0.3, 0.4) is 0 Å². The van der Waals surface area contributed by atoms with Gasteiger partial charge in [-0.05, 0) is 75.8 Å². The molecule has 2 aliphatic heterocycles. The van der Waals surface area contributed by atoms with Crippen molar-refractivity contribution >= 4 is 17.7 Å². The molecule has 190 valence electrons. The predicted octanol–water partition coefficient (Wildman–Crippen LogP) is 3.43. The third kappa shape index (κ3) is 4.55. The Balaban J connectivity index is 1.28. The molecule has 1 amide bonds. The molecule has 1 aromatic carbocycles. The van der Waals surface area contributed by atoms with Gasteiger partial charge >= 0.3 is 5.97 Å². The van der Waals surface area contributed by atoms with Gasteiger partial charge in [0.2, 0.25) is 0 Å². The molecule has 5 rings (SSSR count). The number of fused-ring (bicyclic) bond motifs is 1. The normalized spacial score (nSPS) is 22.2. The number of aliphatic carboxylic acids is 1. The zero-order valence-electron chi connectivity index (χ0n) is 21.3. The van der Waals surface area contributed by atoms with Gasteiger partial charge in [0.05, 0.1) is 6.04 Å². The van der Waals surface area contributed by atoms with E-state index in [9.17, 15) is 14.7 Å². The maximum absolute atomic E-state index is 13.5. The molecule has 0 bridgehead atoms. The van der Waals surface area contributed by atoms with E-state index in [1.807, 2.05) is 50.1 Å². The highest BCUT2D eigenvalue weighted by atomic mass is 16.7. The molecule has 3 aliphatic rings. The van der Waals surface area contributed by atoms with Gasteiger partial charge in [0.1, 0.15) is 17.4 Å². The number of allylic oxidation sites excluding steroid dienone is 1. The Morgan fingerprint density at radius 3 is 2.53 bits per heavy atom. The zero-order chi connectivity index (χ0) is 25.6. The predicted molar refractivity (Wildman–Crippen MR) is 134 cm³/mol. The first-order valence-electron chi connectivity index (χ1n) is 12.6. The van der Waals surface area contributed by atoms with E-state index in [-0.39, 0.29) is 18.0 Å². The second-order valence-corrected chi connectivity index (χ2v) is 10.0. The van der Waals surface area contributed by atoms with Gasteiger partial charge < -0.3 is 19.7 Å². The Morgan fingerprint density at radius 2 is 1.83 bits per heavy atom. The van der Waals surface area contributed by atoms with Gasteiger partial charge in [0.15, 0.2) is 6.04 Å². The fraction of sp³-hybridized carbons (Fsp3) is 0.481. The topological polar surface area (TPSA) is 99.1 Å². The van der Waals surface area contributed by atoms with Crippen molar-refractivity contribution in [2.75, 3.05) is 25.0 Å². The molecule has 9 nitrogen and oxygen atoms in total. The van der Waals surface area contributed by atoms with Gasteiger partial charge in [0.25, 0.3) is 5.91 Å². The van der Waals surface area contributed by atoms with Crippen molar-refractivity contribution in [1.29, 1.82) is 0 Å². The van der Waals surface area contributed by atoms with Gasteiger partial charge in [-0.25, -0.2) is 9.97 Å².